The van der Waals surface area contributed by atoms with Crippen molar-refractivity contribution in [3.05, 3.63) is 33.4 Å². The van der Waals surface area contributed by atoms with Crippen LogP contribution in [0, 0.1) is 0 Å². The van der Waals surface area contributed by atoms with Crippen molar-refractivity contribution in [2.45, 2.75) is 32.3 Å². The van der Waals surface area contributed by atoms with Crippen molar-refractivity contribution in [1.82, 2.24) is 4.57 Å². The number of aromatic nitrogens is 1. The lowest BCUT2D eigenvalue weighted by molar-refractivity contribution is 0.0315. The monoisotopic (exact) mass is 297 g/mol. The highest BCUT2D eigenvalue weighted by atomic mass is 35.5. The van der Waals surface area contributed by atoms with Crippen LogP contribution < -0.4 is 0 Å². The summed E-state index contributed by atoms with van der Waals surface area (Å²) >= 11 is 12.7. The summed E-state index contributed by atoms with van der Waals surface area (Å²) in [6.45, 7) is 2.94. The molecular formula is C15H17Cl2NO. The predicted molar refractivity (Wildman–Crippen MR) is 80.2 cm³/mol. The number of hydrogen-bond acceptors (Lipinski definition) is 1. The van der Waals surface area contributed by atoms with E-state index in [1.165, 1.54) is 11.3 Å². The molecule has 1 aliphatic heterocycles. The number of fused-ring (bicyclic) bond motifs is 3. The Kier molecular flexibility index (Phi) is 3.50. The maximum Gasteiger partial charge on any atom is 0.0977 e. The Hall–Kier alpha value is -0.700. The first kappa shape index (κ1) is 13.3. The molecule has 0 saturated carbocycles. The molecule has 19 heavy (non-hydrogen) atoms. The molecule has 1 aliphatic rings. The molecule has 0 bridgehead atoms. The van der Waals surface area contributed by atoms with Gasteiger partial charge in [0.1, 0.15) is 0 Å². The fraction of sp³-hybridized carbons (Fsp3) is 0.467. The van der Waals surface area contributed by atoms with Crippen molar-refractivity contribution in [3.63, 3.8) is 0 Å². The van der Waals surface area contributed by atoms with E-state index in [0.29, 0.717) is 0 Å². The number of hydrogen-bond donors (Lipinski definition) is 0. The molecule has 0 spiro atoms. The Morgan fingerprint density at radius 1 is 1.32 bits per heavy atom. The van der Waals surface area contributed by atoms with E-state index in [2.05, 4.69) is 18.5 Å². The van der Waals surface area contributed by atoms with Gasteiger partial charge in [-0.25, -0.2) is 0 Å². The number of rotatable bonds is 2. The molecule has 3 rings (SSSR count). The summed E-state index contributed by atoms with van der Waals surface area (Å²) in [5.74, 6) is 0. The Morgan fingerprint density at radius 2 is 2.05 bits per heavy atom. The van der Waals surface area contributed by atoms with Gasteiger partial charge < -0.3 is 9.30 Å². The lowest BCUT2D eigenvalue weighted by Crippen LogP contribution is -2.18. The second kappa shape index (κ2) is 5.01. The van der Waals surface area contributed by atoms with Crippen molar-refractivity contribution >= 4 is 34.1 Å². The minimum Gasteiger partial charge on any atom is -0.372 e. The number of benzene rings is 1. The van der Waals surface area contributed by atoms with Gasteiger partial charge in [0.25, 0.3) is 0 Å². The van der Waals surface area contributed by atoms with Crippen LogP contribution in [0.1, 0.15) is 37.1 Å². The van der Waals surface area contributed by atoms with E-state index in [9.17, 15) is 0 Å². The highest BCUT2D eigenvalue weighted by molar-refractivity contribution is 6.40. The molecule has 2 nitrogen and oxygen atoms in total. The molecule has 0 radical (unpaired) electrons. The second-order valence-corrected chi connectivity index (χ2v) is 5.89. The van der Waals surface area contributed by atoms with E-state index in [1.807, 2.05) is 12.1 Å². The van der Waals surface area contributed by atoms with Gasteiger partial charge in [0.05, 0.1) is 34.0 Å². The predicted octanol–water partition coefficient (Wildman–Crippen LogP) is 4.90. The topological polar surface area (TPSA) is 14.2 Å². The molecule has 0 fully saturated rings. The van der Waals surface area contributed by atoms with Crippen LogP contribution in [0.25, 0.3) is 10.9 Å². The molecule has 0 amide bonds. The second-order valence-electron chi connectivity index (χ2n) is 5.07. The van der Waals surface area contributed by atoms with Gasteiger partial charge in [0, 0.05) is 12.4 Å². The molecule has 2 aromatic rings. The van der Waals surface area contributed by atoms with Crippen LogP contribution in [0.5, 0.6) is 0 Å². The van der Waals surface area contributed by atoms with Gasteiger partial charge in [-0.15, -0.1) is 0 Å². The van der Waals surface area contributed by atoms with Gasteiger partial charge in [0.2, 0.25) is 0 Å². The SMILES string of the molecule is CCCC1OCCc2c1n(C)c1c(Cl)ccc(Cl)c21. The Labute approximate surface area is 123 Å². The number of aryl methyl sites for hydroxylation is 1. The van der Waals surface area contributed by atoms with Gasteiger partial charge in [-0.2, -0.15) is 0 Å². The first-order valence-electron chi connectivity index (χ1n) is 6.72. The average molecular weight is 298 g/mol. The number of ether oxygens (including phenoxy) is 1. The number of nitrogens with zero attached hydrogens (tertiary/aromatic N) is 1. The zero-order valence-electron chi connectivity index (χ0n) is 11.2. The largest absolute Gasteiger partial charge is 0.372 e. The zero-order valence-corrected chi connectivity index (χ0v) is 12.7. The third kappa shape index (κ3) is 1.97. The van der Waals surface area contributed by atoms with E-state index < -0.39 is 0 Å². The third-order valence-corrected chi connectivity index (χ3v) is 4.53. The minimum absolute atomic E-state index is 0.165. The summed E-state index contributed by atoms with van der Waals surface area (Å²) in [6, 6.07) is 3.75. The minimum atomic E-state index is 0.165. The fourth-order valence-electron chi connectivity index (χ4n) is 3.13. The smallest absolute Gasteiger partial charge is 0.0977 e. The van der Waals surface area contributed by atoms with Crippen LogP contribution in [0.2, 0.25) is 10.0 Å². The summed E-state index contributed by atoms with van der Waals surface area (Å²) in [5, 5.41) is 2.65. The van der Waals surface area contributed by atoms with E-state index >= 15 is 0 Å². The first-order valence-corrected chi connectivity index (χ1v) is 7.47. The molecule has 1 atom stereocenters. The van der Waals surface area contributed by atoms with Crippen LogP contribution in [0.3, 0.4) is 0 Å². The van der Waals surface area contributed by atoms with E-state index in [0.717, 1.165) is 46.8 Å². The maximum atomic E-state index is 6.39. The third-order valence-electron chi connectivity index (χ3n) is 3.91. The molecule has 102 valence electrons. The molecular weight excluding hydrogens is 281 g/mol. The van der Waals surface area contributed by atoms with Crippen molar-refractivity contribution in [2.75, 3.05) is 6.61 Å². The van der Waals surface area contributed by atoms with Crippen LogP contribution >= 0.6 is 23.2 Å². The molecule has 4 heteroatoms. The molecule has 0 saturated heterocycles. The Balaban J connectivity index is 2.33. The molecule has 1 aromatic carbocycles. The summed E-state index contributed by atoms with van der Waals surface area (Å²) in [4.78, 5) is 0. The molecule has 0 N–H and O–H groups in total. The maximum absolute atomic E-state index is 6.39. The summed E-state index contributed by atoms with van der Waals surface area (Å²) in [5.41, 5.74) is 3.60. The van der Waals surface area contributed by atoms with E-state index in [4.69, 9.17) is 27.9 Å². The van der Waals surface area contributed by atoms with Crippen molar-refractivity contribution in [1.29, 1.82) is 0 Å². The first-order chi connectivity index (χ1) is 9.15. The fourth-order valence-corrected chi connectivity index (χ4v) is 3.69. The molecule has 1 unspecified atom stereocenters. The summed E-state index contributed by atoms with van der Waals surface area (Å²) < 4.78 is 8.09. The zero-order chi connectivity index (χ0) is 13.6. The van der Waals surface area contributed by atoms with Crippen LogP contribution in [0.4, 0.5) is 0 Å². The van der Waals surface area contributed by atoms with Gasteiger partial charge in [-0.3, -0.25) is 0 Å². The van der Waals surface area contributed by atoms with Crippen LogP contribution in [-0.2, 0) is 18.2 Å². The normalized spacial score (nSPS) is 18.8. The number of halogens is 2. The Bertz CT molecular complexity index is 633. The quantitative estimate of drug-likeness (QED) is 0.769. The Morgan fingerprint density at radius 3 is 2.79 bits per heavy atom. The summed E-state index contributed by atoms with van der Waals surface area (Å²) in [7, 11) is 2.06. The lowest BCUT2D eigenvalue weighted by Gasteiger charge is -2.25. The highest BCUT2D eigenvalue weighted by Gasteiger charge is 2.28. The van der Waals surface area contributed by atoms with Gasteiger partial charge >= 0.3 is 0 Å². The van der Waals surface area contributed by atoms with Crippen molar-refractivity contribution < 1.29 is 4.74 Å². The standard InChI is InChI=1S/C15H17Cl2NO/c1-3-4-12-14-9(7-8-19-12)13-10(16)5-6-11(17)15(13)18(14)2/h5-6,12H,3-4,7-8H2,1-2H3. The molecule has 2 heterocycles. The van der Waals surface area contributed by atoms with Crippen LogP contribution in [-0.4, -0.2) is 11.2 Å². The van der Waals surface area contributed by atoms with Gasteiger partial charge in [-0.1, -0.05) is 36.5 Å². The van der Waals surface area contributed by atoms with E-state index in [-0.39, 0.29) is 6.10 Å². The van der Waals surface area contributed by atoms with Crippen LogP contribution in [0.15, 0.2) is 12.1 Å². The molecule has 1 aromatic heterocycles. The lowest BCUT2D eigenvalue weighted by atomic mass is 10.00. The van der Waals surface area contributed by atoms with Crippen molar-refractivity contribution in [3.8, 4) is 0 Å². The van der Waals surface area contributed by atoms with E-state index in [1.54, 1.807) is 0 Å². The highest BCUT2D eigenvalue weighted by Crippen LogP contribution is 2.42. The molecule has 0 aliphatic carbocycles. The average Bonchev–Trinajstić information content (AvgIpc) is 2.71. The summed E-state index contributed by atoms with van der Waals surface area (Å²) in [6.07, 6.45) is 3.21. The van der Waals surface area contributed by atoms with Gasteiger partial charge in [-0.05, 0) is 30.5 Å². The van der Waals surface area contributed by atoms with Crippen molar-refractivity contribution in [2.24, 2.45) is 7.05 Å². The van der Waals surface area contributed by atoms with Gasteiger partial charge in [0.15, 0.2) is 0 Å².